The van der Waals surface area contributed by atoms with Gasteiger partial charge >= 0.3 is 5.69 Å². The molecule has 3 aromatic heterocycles. The summed E-state index contributed by atoms with van der Waals surface area (Å²) in [5, 5.41) is 12.3. The molecule has 10 nitrogen and oxygen atoms in total. The molecule has 0 radical (unpaired) electrons. The Morgan fingerprint density at radius 3 is 2.68 bits per heavy atom. The fourth-order valence-corrected chi connectivity index (χ4v) is 3.72. The fraction of sp³-hybridized carbons (Fsp3) is 0.200. The predicted molar refractivity (Wildman–Crippen MR) is 114 cm³/mol. The molecule has 4 aromatic rings. The molecule has 1 aliphatic rings. The minimum absolute atomic E-state index is 0.0930. The van der Waals surface area contributed by atoms with Gasteiger partial charge < -0.3 is 10.2 Å². The SMILES string of the molecule is O=C1CN(c2c(-c3ccc(Cl)cc3)cnn3c(=O)n(Cc4cnccn4)nc23)CCN1. The Morgan fingerprint density at radius 1 is 1.10 bits per heavy atom. The van der Waals surface area contributed by atoms with E-state index in [-0.39, 0.29) is 19.0 Å². The summed E-state index contributed by atoms with van der Waals surface area (Å²) >= 11 is 6.05. The molecule has 4 heterocycles. The summed E-state index contributed by atoms with van der Waals surface area (Å²) in [5.74, 6) is -0.0930. The highest BCUT2D eigenvalue weighted by Gasteiger charge is 2.25. The molecular formula is C20H17ClN8O2. The van der Waals surface area contributed by atoms with Crippen LogP contribution in [0.5, 0.6) is 0 Å². The third-order valence-electron chi connectivity index (χ3n) is 5.03. The number of amides is 1. The van der Waals surface area contributed by atoms with Gasteiger partial charge in [-0.25, -0.2) is 9.48 Å². The highest BCUT2D eigenvalue weighted by molar-refractivity contribution is 6.30. The van der Waals surface area contributed by atoms with Crippen LogP contribution >= 0.6 is 11.6 Å². The average Bonchev–Trinajstić information content (AvgIpc) is 3.09. The zero-order valence-electron chi connectivity index (χ0n) is 16.3. The van der Waals surface area contributed by atoms with Crippen molar-refractivity contribution in [3.63, 3.8) is 0 Å². The van der Waals surface area contributed by atoms with Crippen LogP contribution in [0.2, 0.25) is 5.02 Å². The van der Waals surface area contributed by atoms with Crippen LogP contribution in [0.15, 0.2) is 53.8 Å². The number of aromatic nitrogens is 6. The monoisotopic (exact) mass is 436 g/mol. The Balaban J connectivity index is 1.69. The lowest BCUT2D eigenvalue weighted by molar-refractivity contribution is -0.120. The molecule has 156 valence electrons. The first-order valence-corrected chi connectivity index (χ1v) is 9.99. The topological polar surface area (TPSA) is 110 Å². The van der Waals surface area contributed by atoms with Crippen molar-refractivity contribution in [2.45, 2.75) is 6.54 Å². The molecule has 5 rings (SSSR count). The standard InChI is InChI=1S/C20H17ClN8O2/c21-14-3-1-13(2-4-14)16-10-25-29-19(18(16)27-8-7-24-17(30)12-27)26-28(20(29)31)11-15-9-22-5-6-23-15/h1-6,9-10H,7-8,11-12H2,(H,24,30). The Kier molecular flexibility index (Phi) is 4.83. The largest absolute Gasteiger partial charge is 0.367 e. The van der Waals surface area contributed by atoms with E-state index in [1.54, 1.807) is 36.9 Å². The van der Waals surface area contributed by atoms with Crippen LogP contribution in [0.4, 0.5) is 5.69 Å². The van der Waals surface area contributed by atoms with Gasteiger partial charge in [0.15, 0.2) is 0 Å². The third-order valence-corrected chi connectivity index (χ3v) is 5.28. The van der Waals surface area contributed by atoms with E-state index in [4.69, 9.17) is 11.6 Å². The lowest BCUT2D eigenvalue weighted by Crippen LogP contribution is -2.48. The summed E-state index contributed by atoms with van der Waals surface area (Å²) in [4.78, 5) is 35.2. The molecule has 31 heavy (non-hydrogen) atoms. The number of halogens is 1. The molecule has 11 heteroatoms. The molecule has 1 aromatic carbocycles. The predicted octanol–water partition coefficient (Wildman–Crippen LogP) is 0.986. The number of piperazine rings is 1. The van der Waals surface area contributed by atoms with Gasteiger partial charge in [0.1, 0.15) is 0 Å². The van der Waals surface area contributed by atoms with Crippen LogP contribution in [0, 0.1) is 0 Å². The first-order valence-electron chi connectivity index (χ1n) is 9.61. The molecule has 0 aliphatic carbocycles. The lowest BCUT2D eigenvalue weighted by Gasteiger charge is -2.30. The highest BCUT2D eigenvalue weighted by atomic mass is 35.5. The number of nitrogens with zero attached hydrogens (tertiary/aromatic N) is 7. The maximum Gasteiger partial charge on any atom is 0.367 e. The Bertz CT molecular complexity index is 1320. The number of carbonyl (C=O) groups is 1. The van der Waals surface area contributed by atoms with Gasteiger partial charge in [-0.15, -0.1) is 5.10 Å². The van der Waals surface area contributed by atoms with Gasteiger partial charge in [-0.1, -0.05) is 23.7 Å². The molecule has 0 spiro atoms. The summed E-state index contributed by atoms with van der Waals surface area (Å²) < 4.78 is 2.54. The van der Waals surface area contributed by atoms with Gasteiger partial charge in [-0.3, -0.25) is 14.8 Å². The molecule has 0 atom stereocenters. The van der Waals surface area contributed by atoms with E-state index in [1.165, 1.54) is 9.20 Å². The number of anilines is 1. The molecule has 1 N–H and O–H groups in total. The molecule has 0 unspecified atom stereocenters. The van der Waals surface area contributed by atoms with Gasteiger partial charge in [0.2, 0.25) is 11.6 Å². The maximum atomic E-state index is 13.0. The van der Waals surface area contributed by atoms with E-state index in [9.17, 15) is 9.59 Å². The summed E-state index contributed by atoms with van der Waals surface area (Å²) in [7, 11) is 0. The number of carbonyl (C=O) groups excluding carboxylic acids is 1. The maximum absolute atomic E-state index is 13.0. The second-order valence-electron chi connectivity index (χ2n) is 7.06. The van der Waals surface area contributed by atoms with Gasteiger partial charge in [0.25, 0.3) is 0 Å². The van der Waals surface area contributed by atoms with Gasteiger partial charge in [-0.2, -0.15) is 9.61 Å². The number of nitrogens with one attached hydrogen (secondary N) is 1. The molecule has 1 aliphatic heterocycles. The minimum atomic E-state index is -0.397. The van der Waals surface area contributed by atoms with Crippen LogP contribution in [-0.2, 0) is 11.3 Å². The summed E-state index contributed by atoms with van der Waals surface area (Å²) in [5.41, 5.74) is 2.86. The van der Waals surface area contributed by atoms with Crippen molar-refractivity contribution in [1.29, 1.82) is 0 Å². The third kappa shape index (κ3) is 3.61. The normalized spacial score (nSPS) is 14.1. The number of fused-ring (bicyclic) bond motifs is 1. The van der Waals surface area contributed by atoms with Crippen LogP contribution in [0.25, 0.3) is 16.8 Å². The summed E-state index contributed by atoms with van der Waals surface area (Å²) in [6.07, 6.45) is 6.33. The minimum Gasteiger partial charge on any atom is -0.357 e. The smallest absolute Gasteiger partial charge is 0.357 e. The van der Waals surface area contributed by atoms with Crippen molar-refractivity contribution < 1.29 is 4.79 Å². The number of benzene rings is 1. The van der Waals surface area contributed by atoms with E-state index >= 15 is 0 Å². The van der Waals surface area contributed by atoms with Crippen molar-refractivity contribution in [3.05, 3.63) is 70.3 Å². The van der Waals surface area contributed by atoms with E-state index in [2.05, 4.69) is 25.5 Å². The molecule has 0 bridgehead atoms. The van der Waals surface area contributed by atoms with E-state index in [0.717, 1.165) is 11.1 Å². The lowest BCUT2D eigenvalue weighted by atomic mass is 10.1. The fourth-order valence-electron chi connectivity index (χ4n) is 3.60. The van der Waals surface area contributed by atoms with Crippen LogP contribution in [0.3, 0.4) is 0 Å². The second kappa shape index (κ2) is 7.80. The van der Waals surface area contributed by atoms with Crippen molar-refractivity contribution in [3.8, 4) is 11.1 Å². The zero-order valence-corrected chi connectivity index (χ0v) is 17.0. The van der Waals surface area contributed by atoms with Crippen molar-refractivity contribution in [2.75, 3.05) is 24.5 Å². The van der Waals surface area contributed by atoms with Crippen molar-refractivity contribution in [2.24, 2.45) is 0 Å². The highest BCUT2D eigenvalue weighted by Crippen LogP contribution is 2.33. The van der Waals surface area contributed by atoms with Gasteiger partial charge in [-0.05, 0) is 17.7 Å². The summed E-state index contributed by atoms with van der Waals surface area (Å²) in [6, 6.07) is 7.31. The number of hydrogen-bond acceptors (Lipinski definition) is 7. The van der Waals surface area contributed by atoms with E-state index in [1.807, 2.05) is 17.0 Å². The quantitative estimate of drug-likeness (QED) is 0.507. The average molecular weight is 437 g/mol. The second-order valence-corrected chi connectivity index (χ2v) is 7.49. The molecule has 0 saturated carbocycles. The molecule has 1 amide bonds. The Labute approximate surface area is 181 Å². The first kappa shape index (κ1) is 19.2. The van der Waals surface area contributed by atoms with Crippen LogP contribution in [-0.4, -0.2) is 54.9 Å². The van der Waals surface area contributed by atoms with Gasteiger partial charge in [0.05, 0.1) is 36.9 Å². The van der Waals surface area contributed by atoms with Gasteiger partial charge in [0, 0.05) is 36.1 Å². The summed E-state index contributed by atoms with van der Waals surface area (Å²) in [6.45, 7) is 1.40. The van der Waals surface area contributed by atoms with E-state index in [0.29, 0.717) is 35.1 Å². The Hall–Kier alpha value is -3.79. The Morgan fingerprint density at radius 2 is 1.94 bits per heavy atom. The number of hydrogen-bond donors (Lipinski definition) is 1. The zero-order chi connectivity index (χ0) is 21.4. The van der Waals surface area contributed by atoms with Crippen LogP contribution < -0.4 is 15.9 Å². The first-order chi connectivity index (χ1) is 15.1. The molecule has 1 fully saturated rings. The van der Waals surface area contributed by atoms with Crippen molar-refractivity contribution in [1.82, 2.24) is 34.7 Å². The molecular weight excluding hydrogens is 420 g/mol. The van der Waals surface area contributed by atoms with Crippen LogP contribution in [0.1, 0.15) is 5.69 Å². The molecule has 1 saturated heterocycles. The van der Waals surface area contributed by atoms with Crippen molar-refractivity contribution >= 4 is 28.8 Å². The van der Waals surface area contributed by atoms with E-state index < -0.39 is 5.69 Å². The number of rotatable bonds is 4.